The van der Waals surface area contributed by atoms with Crippen molar-refractivity contribution in [2.45, 2.75) is 6.42 Å². The number of thiol groups is 1. The predicted molar refractivity (Wildman–Crippen MR) is 53.4 cm³/mol. The Hall–Kier alpha value is -1.21. The Kier molecular flexibility index (Phi) is 3.78. The minimum atomic E-state index is -1.26. The highest BCUT2D eigenvalue weighted by Gasteiger charge is 2.10. The Morgan fingerprint density at radius 2 is 2.00 bits per heavy atom. The van der Waals surface area contributed by atoms with Gasteiger partial charge in [0.15, 0.2) is 11.6 Å². The summed E-state index contributed by atoms with van der Waals surface area (Å²) in [6.45, 7) is 0. The van der Waals surface area contributed by atoms with Gasteiger partial charge in [-0.1, -0.05) is 11.8 Å². The van der Waals surface area contributed by atoms with Crippen LogP contribution < -0.4 is 0 Å². The second-order valence-electron chi connectivity index (χ2n) is 2.54. The van der Waals surface area contributed by atoms with Crippen LogP contribution in [0.4, 0.5) is 8.78 Å². The summed E-state index contributed by atoms with van der Waals surface area (Å²) in [5.74, 6) is 2.56. The molecule has 0 aliphatic heterocycles. The van der Waals surface area contributed by atoms with Gasteiger partial charge in [0.25, 0.3) is 0 Å². The second kappa shape index (κ2) is 4.87. The summed E-state index contributed by atoms with van der Waals surface area (Å²) in [5.41, 5.74) is -0.0536. The van der Waals surface area contributed by atoms with E-state index in [1.165, 1.54) is 6.07 Å². The van der Waals surface area contributed by atoms with Crippen molar-refractivity contribution in [3.8, 4) is 17.6 Å². The van der Waals surface area contributed by atoms with E-state index in [1.807, 2.05) is 0 Å². The lowest BCUT2D eigenvalue weighted by Crippen LogP contribution is -1.89. The molecule has 74 valence electrons. The third kappa shape index (κ3) is 2.39. The highest BCUT2D eigenvalue weighted by Crippen LogP contribution is 2.20. The van der Waals surface area contributed by atoms with Crippen molar-refractivity contribution in [3.63, 3.8) is 0 Å². The van der Waals surface area contributed by atoms with Crippen LogP contribution in [0.3, 0.4) is 0 Å². The molecule has 0 saturated carbocycles. The SMILES string of the molecule is Oc1ccc(C#CCCS)c(F)c1F. The molecule has 0 heterocycles. The van der Waals surface area contributed by atoms with Gasteiger partial charge in [-0.05, 0) is 12.1 Å². The molecule has 4 heteroatoms. The molecule has 1 aromatic carbocycles. The standard InChI is InChI=1S/C10H8F2OS/c11-9-7(3-1-2-6-14)4-5-8(13)10(9)12/h4-5,13-14H,2,6H2. The average molecular weight is 214 g/mol. The Morgan fingerprint density at radius 3 is 2.64 bits per heavy atom. The maximum absolute atomic E-state index is 13.0. The van der Waals surface area contributed by atoms with E-state index in [-0.39, 0.29) is 5.56 Å². The zero-order valence-corrected chi connectivity index (χ0v) is 8.11. The first kappa shape index (κ1) is 10.9. The minimum Gasteiger partial charge on any atom is -0.505 e. The van der Waals surface area contributed by atoms with Gasteiger partial charge >= 0.3 is 0 Å². The second-order valence-corrected chi connectivity index (χ2v) is 2.98. The van der Waals surface area contributed by atoms with Gasteiger partial charge in [0, 0.05) is 12.2 Å². The zero-order valence-electron chi connectivity index (χ0n) is 7.22. The fourth-order valence-corrected chi connectivity index (χ4v) is 0.961. The first-order chi connectivity index (χ1) is 6.66. The van der Waals surface area contributed by atoms with Gasteiger partial charge in [0.1, 0.15) is 0 Å². The molecule has 1 nitrogen and oxygen atoms in total. The van der Waals surface area contributed by atoms with Crippen LogP contribution in [0, 0.1) is 23.5 Å². The van der Waals surface area contributed by atoms with Crippen LogP contribution in [0.15, 0.2) is 12.1 Å². The van der Waals surface area contributed by atoms with E-state index in [9.17, 15) is 8.78 Å². The molecule has 0 spiro atoms. The van der Waals surface area contributed by atoms with Gasteiger partial charge in [0.2, 0.25) is 5.82 Å². The third-order valence-corrected chi connectivity index (χ3v) is 1.75. The van der Waals surface area contributed by atoms with E-state index in [4.69, 9.17) is 5.11 Å². The quantitative estimate of drug-likeness (QED) is 0.543. The highest BCUT2D eigenvalue weighted by molar-refractivity contribution is 7.80. The summed E-state index contributed by atoms with van der Waals surface area (Å²) >= 11 is 3.92. The fourth-order valence-electron chi connectivity index (χ4n) is 0.849. The van der Waals surface area contributed by atoms with Crippen LogP contribution in [0.5, 0.6) is 5.75 Å². The average Bonchev–Trinajstić information content (AvgIpc) is 2.18. The van der Waals surface area contributed by atoms with Crippen molar-refractivity contribution < 1.29 is 13.9 Å². The van der Waals surface area contributed by atoms with Crippen LogP contribution in [-0.4, -0.2) is 10.9 Å². The molecule has 0 saturated heterocycles. The molecule has 0 radical (unpaired) electrons. The van der Waals surface area contributed by atoms with Gasteiger partial charge in [-0.25, -0.2) is 4.39 Å². The van der Waals surface area contributed by atoms with E-state index in [0.29, 0.717) is 12.2 Å². The summed E-state index contributed by atoms with van der Waals surface area (Å²) in [6, 6.07) is 2.31. The predicted octanol–water partition coefficient (Wildman–Crippen LogP) is 2.34. The summed E-state index contributed by atoms with van der Waals surface area (Å²) in [5, 5.41) is 8.82. The molecule has 0 aromatic heterocycles. The Balaban J connectivity index is 3.02. The van der Waals surface area contributed by atoms with Gasteiger partial charge < -0.3 is 5.11 Å². The van der Waals surface area contributed by atoms with E-state index in [1.54, 1.807) is 0 Å². The zero-order chi connectivity index (χ0) is 10.6. The van der Waals surface area contributed by atoms with Crippen LogP contribution in [0.25, 0.3) is 0 Å². The van der Waals surface area contributed by atoms with Crippen molar-refractivity contribution >= 4 is 12.6 Å². The summed E-state index contributed by atoms with van der Waals surface area (Å²) < 4.78 is 25.8. The summed E-state index contributed by atoms with van der Waals surface area (Å²) in [6.07, 6.45) is 0.505. The van der Waals surface area contributed by atoms with Crippen LogP contribution >= 0.6 is 12.6 Å². The van der Waals surface area contributed by atoms with Crippen LogP contribution in [-0.2, 0) is 0 Å². The van der Waals surface area contributed by atoms with Crippen molar-refractivity contribution in [1.82, 2.24) is 0 Å². The highest BCUT2D eigenvalue weighted by atomic mass is 32.1. The largest absolute Gasteiger partial charge is 0.505 e. The Morgan fingerprint density at radius 1 is 1.29 bits per heavy atom. The molecule has 0 amide bonds. The van der Waals surface area contributed by atoms with Crippen molar-refractivity contribution in [1.29, 1.82) is 0 Å². The number of rotatable bonds is 1. The Labute approximate surface area is 86.2 Å². The topological polar surface area (TPSA) is 20.2 Å². The number of hydrogen-bond acceptors (Lipinski definition) is 2. The molecule has 0 aliphatic carbocycles. The number of phenolic OH excluding ortho intramolecular Hbond substituents is 1. The van der Waals surface area contributed by atoms with E-state index >= 15 is 0 Å². The smallest absolute Gasteiger partial charge is 0.201 e. The maximum Gasteiger partial charge on any atom is 0.201 e. The molecule has 0 aliphatic rings. The number of aromatic hydroxyl groups is 1. The molecule has 1 N–H and O–H groups in total. The molecule has 0 atom stereocenters. The molecule has 0 fully saturated rings. The fraction of sp³-hybridized carbons (Fsp3) is 0.200. The molecular formula is C10H8F2OS. The van der Waals surface area contributed by atoms with Crippen LogP contribution in [0.1, 0.15) is 12.0 Å². The summed E-state index contributed by atoms with van der Waals surface area (Å²) in [7, 11) is 0. The monoisotopic (exact) mass is 214 g/mol. The van der Waals surface area contributed by atoms with Crippen molar-refractivity contribution in [3.05, 3.63) is 29.3 Å². The van der Waals surface area contributed by atoms with Gasteiger partial charge in [-0.15, -0.1) is 0 Å². The third-order valence-electron chi connectivity index (χ3n) is 1.52. The van der Waals surface area contributed by atoms with E-state index < -0.39 is 17.4 Å². The summed E-state index contributed by atoms with van der Waals surface area (Å²) in [4.78, 5) is 0. The molecule has 14 heavy (non-hydrogen) atoms. The van der Waals surface area contributed by atoms with Crippen molar-refractivity contribution in [2.75, 3.05) is 5.75 Å². The first-order valence-corrected chi connectivity index (χ1v) is 4.56. The molecule has 1 rings (SSSR count). The minimum absolute atomic E-state index is 0.0536. The maximum atomic E-state index is 13.0. The van der Waals surface area contributed by atoms with Gasteiger partial charge in [0.05, 0.1) is 5.56 Å². The number of halogens is 2. The number of hydrogen-bond donors (Lipinski definition) is 2. The lowest BCUT2D eigenvalue weighted by Gasteiger charge is -1.98. The first-order valence-electron chi connectivity index (χ1n) is 3.93. The number of benzene rings is 1. The normalized spacial score (nSPS) is 9.36. The van der Waals surface area contributed by atoms with E-state index in [0.717, 1.165) is 6.07 Å². The number of phenols is 1. The molecule has 0 bridgehead atoms. The molecular weight excluding hydrogens is 206 g/mol. The van der Waals surface area contributed by atoms with Crippen molar-refractivity contribution in [2.24, 2.45) is 0 Å². The molecule has 1 aromatic rings. The Bertz CT molecular complexity index is 393. The lowest BCUT2D eigenvalue weighted by atomic mass is 10.2. The van der Waals surface area contributed by atoms with Crippen LogP contribution in [0.2, 0.25) is 0 Å². The van der Waals surface area contributed by atoms with Gasteiger partial charge in [-0.3, -0.25) is 0 Å². The molecule has 0 unspecified atom stereocenters. The van der Waals surface area contributed by atoms with E-state index in [2.05, 4.69) is 24.5 Å². The van der Waals surface area contributed by atoms with Gasteiger partial charge in [-0.2, -0.15) is 17.0 Å². The lowest BCUT2D eigenvalue weighted by molar-refractivity contribution is 0.406.